The Balaban J connectivity index is 0.000000231. The van der Waals surface area contributed by atoms with Gasteiger partial charge in [0.25, 0.3) is 17.7 Å². The van der Waals surface area contributed by atoms with Gasteiger partial charge >= 0.3 is 43.9 Å². The zero-order valence-corrected chi connectivity index (χ0v) is 59.5. The number of fused-ring (bicyclic) bond motifs is 3. The molecule has 9 aromatic carbocycles. The Morgan fingerprint density at radius 2 is 0.766 bits per heavy atom. The third-order valence-corrected chi connectivity index (χ3v) is 16.5. The van der Waals surface area contributed by atoms with Crippen molar-refractivity contribution in [1.29, 1.82) is 0 Å². The minimum atomic E-state index is -1.78. The zero-order chi connectivity index (χ0) is 74.9. The molecular weight excluding hydrogens is 1480 g/mol. The van der Waals surface area contributed by atoms with Crippen molar-refractivity contribution in [3.63, 3.8) is 0 Å². The number of furan rings is 3. The van der Waals surface area contributed by atoms with E-state index in [1.807, 2.05) is 0 Å². The molecule has 21 nitrogen and oxygen atoms in total. The topological polar surface area (TPSA) is 365 Å². The maximum absolute atomic E-state index is 15.3. The molecular formula is C76H66BBrClF6LiN6O15. The van der Waals surface area contributed by atoms with Crippen LogP contribution < -0.4 is 57.5 Å². The van der Waals surface area contributed by atoms with Gasteiger partial charge in [0.05, 0.1) is 88.6 Å². The molecule has 0 bridgehead atoms. The van der Waals surface area contributed by atoms with Crippen molar-refractivity contribution in [3.8, 4) is 22.3 Å². The van der Waals surface area contributed by atoms with Crippen molar-refractivity contribution in [2.24, 2.45) is 17.2 Å². The summed E-state index contributed by atoms with van der Waals surface area (Å²) in [6, 6.07) is 41.5. The summed E-state index contributed by atoms with van der Waals surface area (Å²) in [5.74, 6) is -8.21. The number of esters is 2. The van der Waals surface area contributed by atoms with Gasteiger partial charge in [0, 0.05) is 81.1 Å². The number of hydrogen-bond donors (Lipinski definition) is 9. The Labute approximate surface area is 633 Å². The molecule has 0 spiro atoms. The van der Waals surface area contributed by atoms with Crippen LogP contribution >= 0.6 is 28.3 Å². The van der Waals surface area contributed by atoms with Crippen LogP contribution in [0.2, 0.25) is 0 Å². The molecule has 0 aliphatic rings. The molecule has 12 aromatic rings. The Morgan fingerprint density at radius 1 is 0.439 bits per heavy atom. The average molecular weight is 1550 g/mol. The fraction of sp³-hybridized carbons (Fsp3) is 0.132. The number of para-hydroxylation sites is 3. The normalized spacial score (nSPS) is 10.5. The Hall–Kier alpha value is -10.8. The van der Waals surface area contributed by atoms with E-state index in [4.69, 9.17) is 55.1 Å². The molecule has 3 aromatic heterocycles. The van der Waals surface area contributed by atoms with Crippen LogP contribution in [0.5, 0.6) is 0 Å². The monoisotopic (exact) mass is 1550 g/mol. The van der Waals surface area contributed by atoms with Gasteiger partial charge in [-0.15, -0.1) is 12.4 Å². The second kappa shape index (κ2) is 39.5. The van der Waals surface area contributed by atoms with E-state index < -0.39 is 77.7 Å². The molecule has 0 fully saturated rings. The van der Waals surface area contributed by atoms with Crippen LogP contribution in [-0.4, -0.2) is 76.6 Å². The summed E-state index contributed by atoms with van der Waals surface area (Å²) in [5, 5.41) is 34.6. The number of rotatable bonds is 20. The molecule has 0 saturated carbocycles. The van der Waals surface area contributed by atoms with Crippen molar-refractivity contribution in [2.75, 3.05) is 29.2 Å². The molecule has 0 aliphatic heterocycles. The molecule has 0 saturated heterocycles. The number of amides is 3. The molecule has 0 atom stereocenters. The second-order valence-electron chi connectivity index (χ2n) is 22.5. The van der Waals surface area contributed by atoms with Gasteiger partial charge < -0.3 is 76.5 Å². The largest absolute Gasteiger partial charge is 1.00 e. The number of nitrogens with two attached hydrogens (primary N) is 3. The molecule has 3 heterocycles. The number of carboxylic acid groups (broad SMARTS) is 1. The summed E-state index contributed by atoms with van der Waals surface area (Å²) in [6.07, 6.45) is 3.52. The van der Waals surface area contributed by atoms with Gasteiger partial charge in [0.2, 0.25) is 0 Å². The molecule has 13 N–H and O–H groups in total. The SMILES string of the molecule is CCOC(=O)Cc1ccccc1NC(=O)c1cc(-c2cccc(CN)c2F)c2occc2c1F.CCOC(=O)Cc1ccccc1NC(=O)c1cc(Br)c2occc2c1F.Cl.NCc1cccc(-c2cc(C(=O)Nc3ccccc3CC(=O)O)c(F)c3ccoc23)c1F.NCc1cccc(B(O)O)c1F.[Li+].[OH-]. The summed E-state index contributed by atoms with van der Waals surface area (Å²) in [4.78, 5) is 73.5. The number of halogens is 8. The number of anilines is 3. The fourth-order valence-corrected chi connectivity index (χ4v) is 11.4. The van der Waals surface area contributed by atoms with Crippen LogP contribution in [0.4, 0.5) is 43.4 Å². The third-order valence-electron chi connectivity index (χ3n) is 15.9. The van der Waals surface area contributed by atoms with E-state index in [1.165, 1.54) is 97.7 Å². The van der Waals surface area contributed by atoms with Crippen molar-refractivity contribution >= 4 is 127 Å². The average Bonchev–Trinajstić information content (AvgIpc) is 1.74. The van der Waals surface area contributed by atoms with Gasteiger partial charge in [0.15, 0.2) is 5.58 Å². The van der Waals surface area contributed by atoms with Crippen LogP contribution in [-0.2, 0) is 62.8 Å². The molecule has 0 unspecified atom stereocenters. The van der Waals surface area contributed by atoms with E-state index in [9.17, 15) is 41.9 Å². The number of carbonyl (C=O) groups excluding carboxylic acids is 5. The van der Waals surface area contributed by atoms with Crippen LogP contribution in [0.1, 0.15) is 78.3 Å². The smallest absolute Gasteiger partial charge is 0.870 e. The number of ether oxygens (including phenoxy) is 2. The third kappa shape index (κ3) is 20.2. The Morgan fingerprint density at radius 3 is 1.13 bits per heavy atom. The maximum atomic E-state index is 15.3. The summed E-state index contributed by atoms with van der Waals surface area (Å²) in [5.41, 5.74) is 20.0. The standard InChI is InChI=1S/C26H22F2N2O4.C24H18F2N2O4.C19H15BrFNO4.C7H9BFNO2.ClH.Li.H2O/c1-2-33-22(31)12-15-6-3-4-9-21(15)30-26(32)20-13-19(25-18(24(20)28)10-11-34-25)17-8-5-7-16(14-29)23(17)27;25-21-14(12-27)5-3-6-15(21)17-11-18(22(26)16-8-9-32-23(16)17)24(31)28-19-7-2-1-4-13(19)10-20(29)30;1-2-25-16(23)9-11-5-3-4-6-15(11)22-19(24)13-10-14(20)18-12(17(13)21)7-8-26-18;9-7-5(4-10)2-1-3-6(7)8(11)12;;;/h3-11,13H,2,12,14,29H2,1H3,(H,30,32);1-9,11H,10,12,27H2,(H,28,31)(H,29,30);3-8,10H,2,9H2,1H3,(H,22,24);1-3,11-12H,4,10H2;1H;;1H2/q;;;;;+1;/p-1. The minimum absolute atomic E-state index is 0. The van der Waals surface area contributed by atoms with Gasteiger partial charge in [-0.1, -0.05) is 109 Å². The van der Waals surface area contributed by atoms with Gasteiger partial charge in [-0.3, -0.25) is 28.8 Å². The number of nitrogens with one attached hydrogen (secondary N) is 3. The Bertz CT molecular complexity index is 5200. The van der Waals surface area contributed by atoms with Crippen molar-refractivity contribution in [2.45, 2.75) is 52.7 Å². The fourth-order valence-electron chi connectivity index (χ4n) is 10.9. The van der Waals surface area contributed by atoms with Crippen LogP contribution in [0.15, 0.2) is 200 Å². The molecule has 550 valence electrons. The van der Waals surface area contributed by atoms with Crippen molar-refractivity contribution in [3.05, 3.63) is 272 Å². The summed E-state index contributed by atoms with van der Waals surface area (Å²) in [6.45, 7) is 3.92. The van der Waals surface area contributed by atoms with E-state index in [0.29, 0.717) is 38.1 Å². The van der Waals surface area contributed by atoms with Crippen molar-refractivity contribution in [1.82, 2.24) is 0 Å². The second-order valence-corrected chi connectivity index (χ2v) is 23.4. The molecule has 0 radical (unpaired) electrons. The van der Waals surface area contributed by atoms with Gasteiger partial charge in [0.1, 0.15) is 46.1 Å². The molecule has 0 aliphatic carbocycles. The Kier molecular flexibility index (Phi) is 31.4. The number of aliphatic carboxylic acids is 1. The minimum Gasteiger partial charge on any atom is -0.870 e. The van der Waals surface area contributed by atoms with Gasteiger partial charge in [-0.05, 0) is 101 Å². The first-order chi connectivity index (χ1) is 50.0. The number of hydrogen-bond acceptors (Lipinski definition) is 17. The van der Waals surface area contributed by atoms with Crippen LogP contribution in [0.3, 0.4) is 0 Å². The van der Waals surface area contributed by atoms with E-state index in [-0.39, 0.29) is 183 Å². The first kappa shape index (κ1) is 85.1. The quantitative estimate of drug-likeness (QED) is 0.0194. The van der Waals surface area contributed by atoms with Crippen LogP contribution in [0.25, 0.3) is 55.2 Å². The van der Waals surface area contributed by atoms with Gasteiger partial charge in [-0.25, -0.2) is 26.3 Å². The molecule has 3 amide bonds. The number of carboxylic acids is 1. The number of carbonyl (C=O) groups is 6. The molecule has 107 heavy (non-hydrogen) atoms. The summed E-state index contributed by atoms with van der Waals surface area (Å²) < 4.78 is 115. The van der Waals surface area contributed by atoms with Crippen molar-refractivity contribution < 1.29 is 117 Å². The predicted octanol–water partition coefficient (Wildman–Crippen LogP) is 10.8. The number of benzene rings is 9. The summed E-state index contributed by atoms with van der Waals surface area (Å²) in [7, 11) is -1.78. The molecule has 12 rings (SSSR count). The zero-order valence-electron chi connectivity index (χ0n) is 57.1. The van der Waals surface area contributed by atoms with E-state index in [1.54, 1.807) is 98.8 Å². The van der Waals surface area contributed by atoms with E-state index in [0.717, 1.165) is 0 Å². The first-order valence-corrected chi connectivity index (χ1v) is 32.6. The van der Waals surface area contributed by atoms with E-state index in [2.05, 4.69) is 31.9 Å². The first-order valence-electron chi connectivity index (χ1n) is 31.8. The summed E-state index contributed by atoms with van der Waals surface area (Å²) >= 11 is 3.28. The predicted molar refractivity (Wildman–Crippen MR) is 391 cm³/mol. The van der Waals surface area contributed by atoms with E-state index >= 15 is 13.2 Å². The van der Waals surface area contributed by atoms with Crippen LogP contribution in [0, 0.1) is 34.9 Å². The maximum Gasteiger partial charge on any atom is 1.00 e. The van der Waals surface area contributed by atoms with Gasteiger partial charge in [-0.2, -0.15) is 0 Å². The molecule has 31 heteroatoms.